The van der Waals surface area contributed by atoms with Gasteiger partial charge < -0.3 is 34.7 Å². The molecule has 0 radical (unpaired) electrons. The molecule has 2 heterocycles. The molecular formula is C36H45N9O8. The van der Waals surface area contributed by atoms with E-state index in [1.54, 1.807) is 20.8 Å². The molecule has 282 valence electrons. The topological polar surface area (TPSA) is 222 Å². The molecule has 4 aromatic rings. The minimum absolute atomic E-state index is 0.0219. The number of rotatable bonds is 17. The third-order valence-corrected chi connectivity index (χ3v) is 8.31. The highest BCUT2D eigenvalue weighted by molar-refractivity contribution is 5.83. The molecule has 0 fully saturated rings. The highest BCUT2D eigenvalue weighted by Gasteiger charge is 2.29. The van der Waals surface area contributed by atoms with Crippen molar-refractivity contribution in [2.75, 3.05) is 44.6 Å². The summed E-state index contributed by atoms with van der Waals surface area (Å²) in [7, 11) is 0. The second-order valence-corrected chi connectivity index (χ2v) is 13.5. The number of hydrazine groups is 1. The fourth-order valence-corrected chi connectivity index (χ4v) is 5.96. The highest BCUT2D eigenvalue weighted by Crippen LogP contribution is 2.44. The maximum atomic E-state index is 13.3. The standard InChI is InChI=1S/C36H45N9O8/c1-36(2,3)53-35(51)43-40-16-10-4-9-15-37-33-41-31-30(32(49)42-33)39-22-45(31)19-28(46)44(20-29(47)48)18-17-38-34(50)52-21-27-25-13-7-5-11-23(25)24-12-6-8-14-26(24)27/h5-8,11-14,22,27,40H,4,9-10,15-21H2,1-3H3,(H,38,50)(H,43,51)(H,47,48)(H2,37,41,42,49). The van der Waals surface area contributed by atoms with Gasteiger partial charge in [0.05, 0.1) is 6.33 Å². The van der Waals surface area contributed by atoms with Crippen LogP contribution in [0.1, 0.15) is 57.1 Å². The van der Waals surface area contributed by atoms with Crippen molar-refractivity contribution in [1.82, 2.24) is 40.6 Å². The van der Waals surface area contributed by atoms with Crippen LogP contribution in [0.3, 0.4) is 0 Å². The van der Waals surface area contributed by atoms with Crippen LogP contribution >= 0.6 is 0 Å². The van der Waals surface area contributed by atoms with Gasteiger partial charge in [0, 0.05) is 32.1 Å². The number of carbonyl (C=O) groups is 4. The van der Waals surface area contributed by atoms with Gasteiger partial charge in [0.25, 0.3) is 5.56 Å². The van der Waals surface area contributed by atoms with Gasteiger partial charge in [-0.25, -0.2) is 20.0 Å². The number of anilines is 1. The van der Waals surface area contributed by atoms with Gasteiger partial charge >= 0.3 is 18.2 Å². The van der Waals surface area contributed by atoms with Gasteiger partial charge in [0.15, 0.2) is 11.2 Å². The van der Waals surface area contributed by atoms with Crippen LogP contribution in [-0.2, 0) is 25.6 Å². The highest BCUT2D eigenvalue weighted by atomic mass is 16.6. The van der Waals surface area contributed by atoms with Crippen molar-refractivity contribution in [3.05, 3.63) is 76.3 Å². The summed E-state index contributed by atoms with van der Waals surface area (Å²) in [5.41, 5.74) is 8.72. The molecule has 17 heteroatoms. The molecule has 0 bridgehead atoms. The fourth-order valence-electron chi connectivity index (χ4n) is 5.96. The van der Waals surface area contributed by atoms with E-state index in [1.807, 2.05) is 48.5 Å². The average Bonchev–Trinajstić information content (AvgIpc) is 3.66. The van der Waals surface area contributed by atoms with Crippen molar-refractivity contribution < 1.29 is 33.8 Å². The molecule has 17 nitrogen and oxygen atoms in total. The summed E-state index contributed by atoms with van der Waals surface area (Å²) < 4.78 is 12.1. The number of imidazole rings is 1. The lowest BCUT2D eigenvalue weighted by molar-refractivity contribution is -0.144. The van der Waals surface area contributed by atoms with E-state index < -0.39 is 41.8 Å². The lowest BCUT2D eigenvalue weighted by atomic mass is 9.98. The van der Waals surface area contributed by atoms with E-state index in [2.05, 4.69) is 36.4 Å². The summed E-state index contributed by atoms with van der Waals surface area (Å²) in [6.07, 6.45) is 2.37. The summed E-state index contributed by atoms with van der Waals surface area (Å²) in [5.74, 6) is -1.74. The summed E-state index contributed by atoms with van der Waals surface area (Å²) in [6.45, 7) is 5.38. The Morgan fingerprint density at radius 1 is 0.943 bits per heavy atom. The van der Waals surface area contributed by atoms with E-state index in [-0.39, 0.29) is 49.3 Å². The molecule has 1 aliphatic carbocycles. The molecule has 0 saturated heterocycles. The van der Waals surface area contributed by atoms with Crippen molar-refractivity contribution in [2.24, 2.45) is 0 Å². The van der Waals surface area contributed by atoms with Crippen LogP contribution in [0.2, 0.25) is 0 Å². The van der Waals surface area contributed by atoms with Gasteiger partial charge in [0.2, 0.25) is 11.9 Å². The monoisotopic (exact) mass is 731 g/mol. The fraction of sp³-hybridized carbons (Fsp3) is 0.417. The first-order valence-corrected chi connectivity index (χ1v) is 17.4. The predicted octanol–water partition coefficient (Wildman–Crippen LogP) is 3.18. The number of hydrogen-bond acceptors (Lipinski definition) is 11. The number of alkyl carbamates (subject to hydrolysis) is 1. The van der Waals surface area contributed by atoms with Crippen molar-refractivity contribution >= 4 is 41.2 Å². The second-order valence-electron chi connectivity index (χ2n) is 13.5. The number of fused-ring (bicyclic) bond motifs is 4. The molecule has 0 atom stereocenters. The smallest absolute Gasteiger partial charge is 0.422 e. The molecule has 5 rings (SSSR count). The Hall–Kier alpha value is -5.97. The van der Waals surface area contributed by atoms with E-state index in [4.69, 9.17) is 9.47 Å². The van der Waals surface area contributed by atoms with E-state index in [1.165, 1.54) is 10.9 Å². The van der Waals surface area contributed by atoms with Crippen molar-refractivity contribution in [1.29, 1.82) is 0 Å². The third kappa shape index (κ3) is 10.5. The minimum atomic E-state index is -1.23. The quantitative estimate of drug-likeness (QED) is 0.0681. The Bertz CT molecular complexity index is 1940. The van der Waals surface area contributed by atoms with Gasteiger partial charge in [-0.2, -0.15) is 4.98 Å². The molecule has 2 aromatic heterocycles. The van der Waals surface area contributed by atoms with Gasteiger partial charge in [-0.3, -0.25) is 24.8 Å². The lowest BCUT2D eigenvalue weighted by Gasteiger charge is -2.21. The Balaban J connectivity index is 1.08. The maximum absolute atomic E-state index is 13.3. The largest absolute Gasteiger partial charge is 0.480 e. The molecule has 53 heavy (non-hydrogen) atoms. The molecule has 0 saturated carbocycles. The van der Waals surface area contributed by atoms with Crippen molar-refractivity contribution in [3.63, 3.8) is 0 Å². The molecule has 3 amide bonds. The van der Waals surface area contributed by atoms with Gasteiger partial charge in [-0.1, -0.05) is 55.0 Å². The molecular weight excluding hydrogens is 686 g/mol. The minimum Gasteiger partial charge on any atom is -0.480 e. The number of carbonyl (C=O) groups excluding carboxylic acids is 3. The number of H-pyrrole nitrogens is 1. The van der Waals surface area contributed by atoms with Crippen LogP contribution in [0, 0.1) is 0 Å². The van der Waals surface area contributed by atoms with Crippen LogP contribution in [0.15, 0.2) is 59.7 Å². The summed E-state index contributed by atoms with van der Waals surface area (Å²) in [5, 5.41) is 15.2. The van der Waals surface area contributed by atoms with Crippen molar-refractivity contribution in [3.8, 4) is 11.1 Å². The van der Waals surface area contributed by atoms with Gasteiger partial charge in [0.1, 0.15) is 25.3 Å². The Kier molecular flexibility index (Phi) is 12.6. The third-order valence-electron chi connectivity index (χ3n) is 8.31. The van der Waals surface area contributed by atoms with Gasteiger partial charge in [-0.15, -0.1) is 0 Å². The number of unbranched alkanes of at least 4 members (excludes halogenated alkanes) is 2. The number of nitrogens with one attached hydrogen (secondary N) is 5. The molecule has 0 unspecified atom stereocenters. The van der Waals surface area contributed by atoms with Crippen LogP contribution in [0.5, 0.6) is 0 Å². The number of carboxylic acids is 1. The number of benzene rings is 2. The number of amides is 3. The van der Waals surface area contributed by atoms with Crippen LogP contribution in [0.25, 0.3) is 22.3 Å². The van der Waals surface area contributed by atoms with Crippen molar-refractivity contribution in [2.45, 2.75) is 58.1 Å². The van der Waals surface area contributed by atoms with E-state index in [0.717, 1.165) is 46.4 Å². The zero-order chi connectivity index (χ0) is 38.0. The Morgan fingerprint density at radius 3 is 2.30 bits per heavy atom. The maximum Gasteiger partial charge on any atom is 0.422 e. The number of ether oxygens (including phenoxy) is 2. The molecule has 6 N–H and O–H groups in total. The first-order chi connectivity index (χ1) is 25.4. The number of nitrogens with zero attached hydrogens (tertiary/aromatic N) is 4. The van der Waals surface area contributed by atoms with Gasteiger partial charge in [-0.05, 0) is 55.9 Å². The average molecular weight is 732 g/mol. The lowest BCUT2D eigenvalue weighted by Crippen LogP contribution is -2.42. The second kappa shape index (κ2) is 17.5. The summed E-state index contributed by atoms with van der Waals surface area (Å²) in [4.78, 5) is 74.2. The molecule has 2 aromatic carbocycles. The molecule has 0 aliphatic heterocycles. The summed E-state index contributed by atoms with van der Waals surface area (Å²) >= 11 is 0. The van der Waals surface area contributed by atoms with E-state index >= 15 is 0 Å². The number of aromatic nitrogens is 4. The van der Waals surface area contributed by atoms with E-state index in [0.29, 0.717) is 13.1 Å². The SMILES string of the molecule is CC(C)(C)OC(=O)NNCCCCCNc1nc2c(ncn2CC(=O)N(CCNC(=O)OCC2c3ccccc3-c3ccccc32)CC(=O)O)c(=O)[nH]1. The van der Waals surface area contributed by atoms with E-state index in [9.17, 15) is 29.1 Å². The predicted molar refractivity (Wildman–Crippen MR) is 195 cm³/mol. The first kappa shape index (κ1) is 38.3. The van der Waals surface area contributed by atoms with Crippen LogP contribution < -0.4 is 27.0 Å². The normalized spacial score (nSPS) is 12.1. The van der Waals surface area contributed by atoms with Crippen LogP contribution in [-0.4, -0.2) is 98.5 Å². The first-order valence-electron chi connectivity index (χ1n) is 17.4. The number of hydrogen-bond donors (Lipinski definition) is 6. The Labute approximate surface area is 305 Å². The zero-order valence-electron chi connectivity index (χ0n) is 29.9. The summed E-state index contributed by atoms with van der Waals surface area (Å²) in [6, 6.07) is 15.9. The molecule has 0 spiro atoms. The number of aliphatic carboxylic acids is 1. The number of aromatic amines is 1. The Morgan fingerprint density at radius 2 is 1.62 bits per heavy atom. The number of carboxylic acid groups (broad SMARTS) is 1. The van der Waals surface area contributed by atoms with Crippen LogP contribution in [0.4, 0.5) is 15.5 Å². The molecule has 1 aliphatic rings. The zero-order valence-corrected chi connectivity index (χ0v) is 29.9.